The molecule has 1 heteroatoms. The molecule has 1 nitrogen and oxygen atoms in total. The molecule has 0 heterocycles. The van der Waals surface area contributed by atoms with Crippen molar-refractivity contribution in [2.45, 2.75) is 78.1 Å². The minimum absolute atomic E-state index is 0.362. The maximum absolute atomic E-state index is 12.7. The molecule has 21 heavy (non-hydrogen) atoms. The third-order valence-electron chi connectivity index (χ3n) is 4.86. The van der Waals surface area contributed by atoms with Gasteiger partial charge in [0, 0.05) is 12.0 Å². The van der Waals surface area contributed by atoms with Gasteiger partial charge in [-0.1, -0.05) is 78.0 Å². The number of carbonyl (C=O) groups is 1. The lowest BCUT2D eigenvalue weighted by Gasteiger charge is -2.22. The Labute approximate surface area is 130 Å². The Morgan fingerprint density at radius 2 is 1.71 bits per heavy atom. The zero-order chi connectivity index (χ0) is 15.4. The molecule has 1 aliphatic carbocycles. The van der Waals surface area contributed by atoms with Crippen molar-refractivity contribution in [2.24, 2.45) is 5.92 Å². The van der Waals surface area contributed by atoms with E-state index >= 15 is 0 Å². The average Bonchev–Trinajstić information content (AvgIpc) is 2.47. The van der Waals surface area contributed by atoms with Crippen LogP contribution in [0.4, 0.5) is 0 Å². The van der Waals surface area contributed by atoms with Gasteiger partial charge in [-0.2, -0.15) is 0 Å². The summed E-state index contributed by atoms with van der Waals surface area (Å²) in [5, 5.41) is 0. The van der Waals surface area contributed by atoms with E-state index in [0.717, 1.165) is 12.0 Å². The second-order valence-corrected chi connectivity index (χ2v) is 7.29. The van der Waals surface area contributed by atoms with Crippen LogP contribution in [0.3, 0.4) is 0 Å². The lowest BCUT2D eigenvalue weighted by Crippen LogP contribution is -2.14. The zero-order valence-corrected chi connectivity index (χ0v) is 14.1. The van der Waals surface area contributed by atoms with E-state index in [1.807, 2.05) is 0 Å². The number of ketones is 1. The number of Topliss-reactive ketones (excluding diaryl/α,β-unsaturated/α-hetero) is 1. The van der Waals surface area contributed by atoms with Crippen LogP contribution >= 0.6 is 0 Å². The van der Waals surface area contributed by atoms with Gasteiger partial charge in [0.1, 0.15) is 0 Å². The molecule has 0 aliphatic heterocycles. The van der Waals surface area contributed by atoms with Gasteiger partial charge < -0.3 is 0 Å². The van der Waals surface area contributed by atoms with E-state index in [1.54, 1.807) is 0 Å². The van der Waals surface area contributed by atoms with Crippen molar-refractivity contribution in [3.05, 3.63) is 34.9 Å². The molecule has 116 valence electrons. The summed E-state index contributed by atoms with van der Waals surface area (Å²) in [6.07, 6.45) is 7.20. The molecule has 0 unspecified atom stereocenters. The molecule has 0 atom stereocenters. The molecule has 0 amide bonds. The summed E-state index contributed by atoms with van der Waals surface area (Å²) in [5.41, 5.74) is 3.55. The minimum atomic E-state index is 0.362. The van der Waals surface area contributed by atoms with Crippen molar-refractivity contribution in [1.29, 1.82) is 0 Å². The molecule has 0 saturated heterocycles. The smallest absolute Gasteiger partial charge is 0.163 e. The normalized spacial score (nSPS) is 16.7. The predicted molar refractivity (Wildman–Crippen MR) is 90.1 cm³/mol. The molecule has 0 aromatic heterocycles. The first kappa shape index (κ1) is 16.3. The summed E-state index contributed by atoms with van der Waals surface area (Å²) in [5.74, 6) is 1.91. The molecule has 1 fully saturated rings. The Morgan fingerprint density at radius 1 is 1.05 bits per heavy atom. The van der Waals surface area contributed by atoms with Crippen LogP contribution in [-0.4, -0.2) is 5.78 Å². The minimum Gasteiger partial charge on any atom is -0.294 e. The Morgan fingerprint density at radius 3 is 2.29 bits per heavy atom. The first-order chi connectivity index (χ1) is 9.99. The van der Waals surface area contributed by atoms with E-state index < -0.39 is 0 Å². The van der Waals surface area contributed by atoms with Gasteiger partial charge in [0.05, 0.1) is 0 Å². The van der Waals surface area contributed by atoms with Crippen molar-refractivity contribution in [3.8, 4) is 0 Å². The van der Waals surface area contributed by atoms with Crippen molar-refractivity contribution < 1.29 is 4.79 Å². The zero-order valence-electron chi connectivity index (χ0n) is 14.1. The summed E-state index contributed by atoms with van der Waals surface area (Å²) in [7, 11) is 0. The van der Waals surface area contributed by atoms with E-state index in [2.05, 4.69) is 45.9 Å². The number of hydrogen-bond acceptors (Lipinski definition) is 1. The molecule has 1 aromatic carbocycles. The molecule has 1 saturated carbocycles. The second-order valence-electron chi connectivity index (χ2n) is 7.29. The van der Waals surface area contributed by atoms with Crippen molar-refractivity contribution in [3.63, 3.8) is 0 Å². The lowest BCUT2D eigenvalue weighted by molar-refractivity contribution is 0.0949. The monoisotopic (exact) mass is 286 g/mol. The van der Waals surface area contributed by atoms with Crippen LogP contribution in [0.15, 0.2) is 18.2 Å². The summed E-state index contributed by atoms with van der Waals surface area (Å²) < 4.78 is 0. The van der Waals surface area contributed by atoms with Gasteiger partial charge >= 0.3 is 0 Å². The van der Waals surface area contributed by atoms with Crippen LogP contribution in [0.1, 0.15) is 99.5 Å². The molecule has 0 N–H and O–H groups in total. The van der Waals surface area contributed by atoms with E-state index in [0.29, 0.717) is 23.5 Å². The molecule has 0 radical (unpaired) electrons. The van der Waals surface area contributed by atoms with Gasteiger partial charge in [0.15, 0.2) is 5.78 Å². The highest BCUT2D eigenvalue weighted by Crippen LogP contribution is 2.30. The van der Waals surface area contributed by atoms with Crippen molar-refractivity contribution in [1.82, 2.24) is 0 Å². The number of carbonyl (C=O) groups excluding carboxylic acids is 1. The Hall–Kier alpha value is -1.11. The van der Waals surface area contributed by atoms with Gasteiger partial charge in [-0.15, -0.1) is 0 Å². The second kappa shape index (κ2) is 7.24. The number of rotatable bonds is 5. The van der Waals surface area contributed by atoms with E-state index in [4.69, 9.17) is 0 Å². The Bertz CT molecular complexity index is 479. The summed E-state index contributed by atoms with van der Waals surface area (Å²) >= 11 is 0. The summed E-state index contributed by atoms with van der Waals surface area (Å²) in [6.45, 7) is 8.81. The SMILES string of the molecule is CC(C)c1ccc(C(=O)CC2CCCCC2)c(C(C)C)c1. The van der Waals surface area contributed by atoms with Gasteiger partial charge in [0.2, 0.25) is 0 Å². The number of benzene rings is 1. The number of hydrogen-bond donors (Lipinski definition) is 0. The van der Waals surface area contributed by atoms with Gasteiger partial charge in [-0.25, -0.2) is 0 Å². The van der Waals surface area contributed by atoms with Crippen molar-refractivity contribution >= 4 is 5.78 Å². The highest BCUT2D eigenvalue weighted by Gasteiger charge is 2.21. The van der Waals surface area contributed by atoms with Crippen LogP contribution in [0.2, 0.25) is 0 Å². The molecule has 1 aliphatic rings. The Kier molecular flexibility index (Phi) is 5.61. The molecular formula is C20H30O. The molecule has 0 spiro atoms. The largest absolute Gasteiger partial charge is 0.294 e. The van der Waals surface area contributed by atoms with Gasteiger partial charge in [-0.3, -0.25) is 4.79 Å². The fourth-order valence-corrected chi connectivity index (χ4v) is 3.44. The van der Waals surface area contributed by atoms with Crippen LogP contribution in [0.5, 0.6) is 0 Å². The van der Waals surface area contributed by atoms with Crippen LogP contribution < -0.4 is 0 Å². The predicted octanol–water partition coefficient (Wildman–Crippen LogP) is 6.09. The molecule has 2 rings (SSSR count). The highest BCUT2D eigenvalue weighted by atomic mass is 16.1. The summed E-state index contributed by atoms with van der Waals surface area (Å²) in [4.78, 5) is 12.7. The van der Waals surface area contributed by atoms with Crippen LogP contribution in [-0.2, 0) is 0 Å². The quantitative estimate of drug-likeness (QED) is 0.599. The Balaban J connectivity index is 2.19. The fourth-order valence-electron chi connectivity index (χ4n) is 3.44. The fraction of sp³-hybridized carbons (Fsp3) is 0.650. The van der Waals surface area contributed by atoms with Crippen LogP contribution in [0.25, 0.3) is 0 Å². The van der Waals surface area contributed by atoms with Crippen LogP contribution in [0, 0.1) is 5.92 Å². The highest BCUT2D eigenvalue weighted by molar-refractivity contribution is 5.97. The van der Waals surface area contributed by atoms with Gasteiger partial charge in [0.25, 0.3) is 0 Å². The summed E-state index contributed by atoms with van der Waals surface area (Å²) in [6, 6.07) is 6.48. The lowest BCUT2D eigenvalue weighted by atomic mass is 9.82. The molecule has 0 bridgehead atoms. The first-order valence-corrected chi connectivity index (χ1v) is 8.66. The van der Waals surface area contributed by atoms with Crippen molar-refractivity contribution in [2.75, 3.05) is 0 Å². The molecular weight excluding hydrogens is 256 g/mol. The van der Waals surface area contributed by atoms with E-state index in [-0.39, 0.29) is 0 Å². The van der Waals surface area contributed by atoms with E-state index in [9.17, 15) is 4.79 Å². The average molecular weight is 286 g/mol. The molecule has 1 aromatic rings. The van der Waals surface area contributed by atoms with Gasteiger partial charge in [-0.05, 0) is 28.9 Å². The van der Waals surface area contributed by atoms with E-state index in [1.165, 1.54) is 43.2 Å². The standard InChI is InChI=1S/C20H30O/c1-14(2)17-10-11-18(19(13-17)15(3)4)20(21)12-16-8-6-5-7-9-16/h10-11,13-16H,5-9,12H2,1-4H3. The maximum Gasteiger partial charge on any atom is 0.163 e. The topological polar surface area (TPSA) is 17.1 Å². The first-order valence-electron chi connectivity index (χ1n) is 8.66. The third kappa shape index (κ3) is 4.18. The maximum atomic E-state index is 12.7. The third-order valence-corrected chi connectivity index (χ3v) is 4.86.